The lowest BCUT2D eigenvalue weighted by Gasteiger charge is -1.98. The largest absolute Gasteiger partial charge is 0.476 e. The lowest BCUT2D eigenvalue weighted by molar-refractivity contribution is 0.0689. The van der Waals surface area contributed by atoms with Crippen LogP contribution in [-0.4, -0.2) is 36.2 Å². The van der Waals surface area contributed by atoms with Crippen LogP contribution in [-0.2, 0) is 6.54 Å². The maximum atomic E-state index is 10.8. The van der Waals surface area contributed by atoms with Crippen LogP contribution in [0.15, 0.2) is 4.52 Å². The fourth-order valence-corrected chi connectivity index (χ4v) is 1.40. The smallest absolute Gasteiger partial charge is 0.358 e. The number of hydrogen-bond donors (Lipinski definition) is 1. The van der Waals surface area contributed by atoms with Gasteiger partial charge in [-0.15, -0.1) is 5.10 Å². The molecule has 0 aliphatic carbocycles. The summed E-state index contributed by atoms with van der Waals surface area (Å²) < 4.78 is 6.48. The van der Waals surface area contributed by atoms with Crippen molar-refractivity contribution in [1.82, 2.24) is 25.1 Å². The highest BCUT2D eigenvalue weighted by atomic mass is 16.5. The lowest BCUT2D eigenvalue weighted by Crippen LogP contribution is -2.06. The summed E-state index contributed by atoms with van der Waals surface area (Å²) in [4.78, 5) is 15.0. The Balaban J connectivity index is 2.20. The maximum absolute atomic E-state index is 10.8. The molecule has 2 rings (SSSR count). The molecule has 2 aromatic heterocycles. The van der Waals surface area contributed by atoms with Gasteiger partial charge >= 0.3 is 5.97 Å². The van der Waals surface area contributed by atoms with Crippen LogP contribution in [0, 0.1) is 6.92 Å². The molecule has 96 valence electrons. The Kier molecular flexibility index (Phi) is 3.09. The molecular weight excluding hydrogens is 238 g/mol. The number of aromatic carboxylic acids is 1. The van der Waals surface area contributed by atoms with E-state index in [1.807, 2.05) is 13.8 Å². The molecule has 0 saturated carbocycles. The van der Waals surface area contributed by atoms with Gasteiger partial charge in [-0.1, -0.05) is 24.2 Å². The van der Waals surface area contributed by atoms with Crippen molar-refractivity contribution in [3.05, 3.63) is 23.1 Å². The molecule has 0 radical (unpaired) electrons. The predicted molar refractivity (Wildman–Crippen MR) is 59.2 cm³/mol. The topological polar surface area (TPSA) is 107 Å². The maximum Gasteiger partial charge on any atom is 0.358 e. The zero-order valence-corrected chi connectivity index (χ0v) is 10.3. The van der Waals surface area contributed by atoms with Gasteiger partial charge in [0.15, 0.2) is 11.5 Å². The molecule has 0 amide bonds. The summed E-state index contributed by atoms with van der Waals surface area (Å²) in [6.45, 7) is 5.75. The minimum absolute atomic E-state index is 0.0707. The van der Waals surface area contributed by atoms with Gasteiger partial charge in [0.2, 0.25) is 5.89 Å². The van der Waals surface area contributed by atoms with Crippen LogP contribution in [0.1, 0.15) is 47.7 Å². The quantitative estimate of drug-likeness (QED) is 0.857. The first kappa shape index (κ1) is 12.2. The second kappa shape index (κ2) is 4.55. The van der Waals surface area contributed by atoms with Crippen LogP contribution in [0.4, 0.5) is 0 Å². The van der Waals surface area contributed by atoms with Gasteiger partial charge in [-0.2, -0.15) is 4.98 Å². The van der Waals surface area contributed by atoms with Gasteiger partial charge in [0, 0.05) is 5.92 Å². The Morgan fingerprint density at radius 1 is 1.50 bits per heavy atom. The van der Waals surface area contributed by atoms with Crippen molar-refractivity contribution in [2.75, 3.05) is 0 Å². The fraction of sp³-hybridized carbons (Fsp3) is 0.500. The first-order valence-electron chi connectivity index (χ1n) is 5.45. The molecule has 0 spiro atoms. The second-order valence-corrected chi connectivity index (χ2v) is 4.19. The van der Waals surface area contributed by atoms with Crippen molar-refractivity contribution in [2.24, 2.45) is 0 Å². The Hall–Kier alpha value is -2.25. The van der Waals surface area contributed by atoms with Crippen LogP contribution in [0.3, 0.4) is 0 Å². The monoisotopic (exact) mass is 251 g/mol. The van der Waals surface area contributed by atoms with Crippen molar-refractivity contribution in [2.45, 2.75) is 33.2 Å². The van der Waals surface area contributed by atoms with E-state index in [1.54, 1.807) is 6.92 Å². The van der Waals surface area contributed by atoms with Gasteiger partial charge in [-0.3, -0.25) is 0 Å². The van der Waals surface area contributed by atoms with E-state index in [-0.39, 0.29) is 18.2 Å². The summed E-state index contributed by atoms with van der Waals surface area (Å²) in [6, 6.07) is 0. The van der Waals surface area contributed by atoms with Crippen LogP contribution >= 0.6 is 0 Å². The molecular formula is C10H13N5O3. The van der Waals surface area contributed by atoms with Crippen LogP contribution < -0.4 is 0 Å². The third kappa shape index (κ3) is 2.22. The van der Waals surface area contributed by atoms with E-state index in [2.05, 4.69) is 20.5 Å². The third-order valence-corrected chi connectivity index (χ3v) is 2.47. The van der Waals surface area contributed by atoms with Gasteiger partial charge in [0.1, 0.15) is 6.54 Å². The van der Waals surface area contributed by atoms with Gasteiger partial charge in [-0.05, 0) is 6.92 Å². The minimum atomic E-state index is -1.10. The molecule has 8 heteroatoms. The van der Waals surface area contributed by atoms with Crippen molar-refractivity contribution < 1.29 is 14.4 Å². The molecule has 1 N–H and O–H groups in total. The number of rotatable bonds is 4. The SMILES string of the molecule is Cc1c(C(=O)O)nnn1Cc1nc(C(C)C)no1. The number of carboxylic acid groups (broad SMARTS) is 1. The van der Waals surface area contributed by atoms with Gasteiger partial charge in [0.25, 0.3) is 0 Å². The van der Waals surface area contributed by atoms with Crippen LogP contribution in [0.5, 0.6) is 0 Å². The summed E-state index contributed by atoms with van der Waals surface area (Å²) in [5, 5.41) is 20.0. The minimum Gasteiger partial charge on any atom is -0.476 e. The zero-order valence-electron chi connectivity index (χ0n) is 10.3. The molecule has 0 aliphatic heterocycles. The normalized spacial score (nSPS) is 11.1. The highest BCUT2D eigenvalue weighted by Gasteiger charge is 2.17. The molecule has 0 fully saturated rings. The summed E-state index contributed by atoms with van der Waals surface area (Å²) in [7, 11) is 0. The molecule has 0 unspecified atom stereocenters. The number of carboxylic acids is 1. The predicted octanol–water partition coefficient (Wildman–Crippen LogP) is 0.839. The van der Waals surface area contributed by atoms with E-state index in [1.165, 1.54) is 4.68 Å². The number of carbonyl (C=O) groups is 1. The highest BCUT2D eigenvalue weighted by Crippen LogP contribution is 2.11. The molecule has 0 aromatic carbocycles. The molecule has 8 nitrogen and oxygen atoms in total. The Labute approximate surface area is 103 Å². The summed E-state index contributed by atoms with van der Waals surface area (Å²) in [5.74, 6) is 0.0611. The first-order valence-corrected chi connectivity index (χ1v) is 5.45. The van der Waals surface area contributed by atoms with E-state index >= 15 is 0 Å². The average Bonchev–Trinajstić information content (AvgIpc) is 2.87. The van der Waals surface area contributed by atoms with Crippen LogP contribution in [0.25, 0.3) is 0 Å². The molecule has 0 bridgehead atoms. The molecule has 2 aromatic rings. The average molecular weight is 251 g/mol. The van der Waals surface area contributed by atoms with Gasteiger partial charge < -0.3 is 9.63 Å². The molecule has 18 heavy (non-hydrogen) atoms. The molecule has 0 saturated heterocycles. The van der Waals surface area contributed by atoms with E-state index < -0.39 is 5.97 Å². The Bertz CT molecular complexity index is 572. The van der Waals surface area contributed by atoms with Gasteiger partial charge in [-0.25, -0.2) is 9.48 Å². The summed E-state index contributed by atoms with van der Waals surface area (Å²) >= 11 is 0. The lowest BCUT2D eigenvalue weighted by atomic mass is 10.2. The van der Waals surface area contributed by atoms with Gasteiger partial charge in [0.05, 0.1) is 5.69 Å². The summed E-state index contributed by atoms with van der Waals surface area (Å²) in [5.41, 5.74) is 0.380. The molecule has 2 heterocycles. The Morgan fingerprint density at radius 3 is 2.72 bits per heavy atom. The number of hydrogen-bond acceptors (Lipinski definition) is 6. The number of nitrogens with zero attached hydrogens (tertiary/aromatic N) is 5. The van der Waals surface area contributed by atoms with Crippen LogP contribution in [0.2, 0.25) is 0 Å². The highest BCUT2D eigenvalue weighted by molar-refractivity contribution is 5.86. The van der Waals surface area contributed by atoms with E-state index in [4.69, 9.17) is 9.63 Å². The van der Waals surface area contributed by atoms with Crippen molar-refractivity contribution in [3.63, 3.8) is 0 Å². The third-order valence-electron chi connectivity index (χ3n) is 2.47. The summed E-state index contributed by atoms with van der Waals surface area (Å²) in [6.07, 6.45) is 0. The standard InChI is InChI=1S/C10H13N5O3/c1-5(2)9-11-7(18-13-9)4-15-6(3)8(10(16)17)12-14-15/h5H,4H2,1-3H3,(H,16,17). The number of aromatic nitrogens is 5. The fourth-order valence-electron chi connectivity index (χ4n) is 1.40. The zero-order chi connectivity index (χ0) is 13.3. The van der Waals surface area contributed by atoms with E-state index in [9.17, 15) is 4.79 Å². The van der Waals surface area contributed by atoms with E-state index in [0.717, 1.165) is 0 Å². The first-order chi connectivity index (χ1) is 8.49. The van der Waals surface area contributed by atoms with Crippen molar-refractivity contribution >= 4 is 5.97 Å². The van der Waals surface area contributed by atoms with Crippen molar-refractivity contribution in [3.8, 4) is 0 Å². The van der Waals surface area contributed by atoms with Crippen molar-refractivity contribution in [1.29, 1.82) is 0 Å². The van der Waals surface area contributed by atoms with E-state index in [0.29, 0.717) is 17.4 Å². The molecule has 0 aliphatic rings. The Morgan fingerprint density at radius 2 is 2.22 bits per heavy atom. The second-order valence-electron chi connectivity index (χ2n) is 4.19. The molecule has 0 atom stereocenters.